The second-order valence-corrected chi connectivity index (χ2v) is 12.8. The number of anilines is 1. The molecule has 0 aliphatic carbocycles. The lowest BCUT2D eigenvalue weighted by atomic mass is 10.2. The van der Waals surface area contributed by atoms with E-state index in [9.17, 15) is 9.59 Å². The predicted molar refractivity (Wildman–Crippen MR) is 155 cm³/mol. The minimum Gasteiger partial charge on any atom is -0.481 e. The van der Waals surface area contributed by atoms with Crippen molar-refractivity contribution >= 4 is 51.8 Å². The van der Waals surface area contributed by atoms with E-state index in [1.807, 2.05) is 11.4 Å². The molecule has 0 saturated carbocycles. The normalized spacial score (nSPS) is 20.5. The fraction of sp³-hybridized carbons (Fsp3) is 0.519. The fourth-order valence-electron chi connectivity index (χ4n) is 5.30. The lowest BCUT2D eigenvalue weighted by Gasteiger charge is -2.40. The molecule has 2 aliphatic rings. The Morgan fingerprint density at radius 1 is 1.15 bits per heavy atom. The number of likely N-dealkylation sites (tertiary alicyclic amines) is 1. The smallest absolute Gasteiger partial charge is 0.304 e. The Morgan fingerprint density at radius 2 is 2.00 bits per heavy atom. The van der Waals surface area contributed by atoms with E-state index in [-0.39, 0.29) is 24.7 Å². The van der Waals surface area contributed by atoms with Crippen LogP contribution in [0.2, 0.25) is 5.02 Å². The number of nitrogens with zero attached hydrogens (tertiary/aromatic N) is 6. The molecule has 208 valence electrons. The van der Waals surface area contributed by atoms with E-state index in [2.05, 4.69) is 38.5 Å². The summed E-state index contributed by atoms with van der Waals surface area (Å²) in [5.74, 6) is -0.158. The standard InChI is InChI=1S/C27H33ClN6O3S2/c1-17-4-3-6-33(17)15-23-27(22-10-19(28)16-38-22)31-25(39-23)11-21(35)20-12-30-24(13-29-20)34-9-8-32(14-18(34)2)7-5-26(36)37/h10,12-13,16-18H,3-9,11,14-15H2,1-2H3,(H,36,37)/t17-,18+/m1/s1. The number of rotatable bonds is 10. The van der Waals surface area contributed by atoms with Gasteiger partial charge in [0.1, 0.15) is 16.5 Å². The van der Waals surface area contributed by atoms with Crippen LogP contribution in [0.5, 0.6) is 0 Å². The number of carboxylic acid groups (broad SMARTS) is 1. The number of ketones is 1. The maximum atomic E-state index is 13.2. The van der Waals surface area contributed by atoms with Crippen molar-refractivity contribution in [2.24, 2.45) is 0 Å². The number of carbonyl (C=O) groups excluding carboxylic acids is 1. The SMILES string of the molecule is C[C@@H]1CCCN1Cc1sc(CC(=O)c2cnc(N3CCN(CCC(=O)O)C[C@@H]3C)cn2)nc1-c1cc(Cl)cs1. The second kappa shape index (κ2) is 12.4. The molecule has 3 aromatic rings. The monoisotopic (exact) mass is 588 g/mol. The number of carbonyl (C=O) groups is 2. The molecular formula is C27H33ClN6O3S2. The van der Waals surface area contributed by atoms with Crippen LogP contribution in [0, 0.1) is 0 Å². The molecule has 2 atom stereocenters. The average molecular weight is 589 g/mol. The summed E-state index contributed by atoms with van der Waals surface area (Å²) in [4.78, 5) is 46.9. The van der Waals surface area contributed by atoms with Crippen LogP contribution in [0.4, 0.5) is 5.82 Å². The lowest BCUT2D eigenvalue weighted by molar-refractivity contribution is -0.137. The quantitative estimate of drug-likeness (QED) is 0.337. The summed E-state index contributed by atoms with van der Waals surface area (Å²) in [5.41, 5.74) is 1.26. The number of thiophene rings is 1. The van der Waals surface area contributed by atoms with Crippen LogP contribution in [0.25, 0.3) is 10.6 Å². The number of aromatic nitrogens is 3. The van der Waals surface area contributed by atoms with Gasteiger partial charge in [0.2, 0.25) is 0 Å². The third-order valence-electron chi connectivity index (χ3n) is 7.46. The van der Waals surface area contributed by atoms with Crippen molar-refractivity contribution in [2.75, 3.05) is 37.6 Å². The average Bonchev–Trinajstić information content (AvgIpc) is 3.63. The summed E-state index contributed by atoms with van der Waals surface area (Å²) < 4.78 is 0. The maximum absolute atomic E-state index is 13.2. The zero-order chi connectivity index (χ0) is 27.5. The van der Waals surface area contributed by atoms with Crippen LogP contribution in [0.15, 0.2) is 23.8 Å². The van der Waals surface area contributed by atoms with E-state index in [0.29, 0.717) is 23.3 Å². The minimum atomic E-state index is -0.779. The number of carboxylic acids is 1. The third kappa shape index (κ3) is 6.83. The number of piperazine rings is 1. The number of halogens is 1. The van der Waals surface area contributed by atoms with E-state index in [4.69, 9.17) is 21.7 Å². The topological polar surface area (TPSA) is 103 Å². The van der Waals surface area contributed by atoms with Crippen molar-refractivity contribution in [1.29, 1.82) is 0 Å². The van der Waals surface area contributed by atoms with Gasteiger partial charge < -0.3 is 10.0 Å². The predicted octanol–water partition coefficient (Wildman–Crippen LogP) is 4.71. The Balaban J connectivity index is 1.25. The van der Waals surface area contributed by atoms with Crippen LogP contribution >= 0.6 is 34.3 Å². The van der Waals surface area contributed by atoms with Gasteiger partial charge in [0, 0.05) is 55.1 Å². The Bertz CT molecular complexity index is 1310. The zero-order valence-electron chi connectivity index (χ0n) is 22.2. The molecule has 2 saturated heterocycles. The number of hydrogen-bond donors (Lipinski definition) is 1. The molecule has 2 fully saturated rings. The van der Waals surface area contributed by atoms with Gasteiger partial charge in [-0.1, -0.05) is 11.6 Å². The fourth-order valence-corrected chi connectivity index (χ4v) is 7.56. The Labute approximate surface area is 241 Å². The van der Waals surface area contributed by atoms with E-state index in [0.717, 1.165) is 54.1 Å². The summed E-state index contributed by atoms with van der Waals surface area (Å²) in [6.45, 7) is 9.07. The number of Topliss-reactive ketones (excluding diaryl/α,β-unsaturated/α-hetero) is 1. The van der Waals surface area contributed by atoms with Gasteiger partial charge in [-0.15, -0.1) is 22.7 Å². The third-order valence-corrected chi connectivity index (χ3v) is 9.79. The molecule has 1 N–H and O–H groups in total. The first-order valence-electron chi connectivity index (χ1n) is 13.3. The molecular weight excluding hydrogens is 556 g/mol. The molecule has 39 heavy (non-hydrogen) atoms. The van der Waals surface area contributed by atoms with Crippen molar-refractivity contribution in [1.82, 2.24) is 24.8 Å². The molecule has 0 aromatic carbocycles. The maximum Gasteiger partial charge on any atom is 0.304 e. The van der Waals surface area contributed by atoms with Gasteiger partial charge >= 0.3 is 5.97 Å². The van der Waals surface area contributed by atoms with E-state index in [1.54, 1.807) is 35.1 Å². The summed E-state index contributed by atoms with van der Waals surface area (Å²) in [5, 5.41) is 12.3. The van der Waals surface area contributed by atoms with E-state index >= 15 is 0 Å². The molecule has 0 amide bonds. The van der Waals surface area contributed by atoms with Crippen LogP contribution < -0.4 is 4.90 Å². The molecule has 0 unspecified atom stereocenters. The Morgan fingerprint density at radius 3 is 2.64 bits per heavy atom. The summed E-state index contributed by atoms with van der Waals surface area (Å²) in [6.07, 6.45) is 5.96. The summed E-state index contributed by atoms with van der Waals surface area (Å²) >= 11 is 9.39. The van der Waals surface area contributed by atoms with Crippen LogP contribution in [0.3, 0.4) is 0 Å². The lowest BCUT2D eigenvalue weighted by Crippen LogP contribution is -2.52. The van der Waals surface area contributed by atoms with Gasteiger partial charge in [0.25, 0.3) is 0 Å². The highest BCUT2D eigenvalue weighted by Crippen LogP contribution is 2.36. The van der Waals surface area contributed by atoms with Crippen molar-refractivity contribution < 1.29 is 14.7 Å². The minimum absolute atomic E-state index is 0.105. The number of aliphatic carboxylic acids is 1. The number of hydrogen-bond acceptors (Lipinski definition) is 10. The van der Waals surface area contributed by atoms with Crippen LogP contribution in [-0.4, -0.2) is 86.4 Å². The van der Waals surface area contributed by atoms with Gasteiger partial charge in [-0.05, 0) is 39.3 Å². The Hall–Kier alpha value is -2.44. The summed E-state index contributed by atoms with van der Waals surface area (Å²) in [7, 11) is 0. The molecule has 2 aliphatic heterocycles. The first-order valence-corrected chi connectivity index (χ1v) is 15.4. The van der Waals surface area contributed by atoms with Crippen LogP contribution in [-0.2, 0) is 17.8 Å². The molecule has 5 heterocycles. The van der Waals surface area contributed by atoms with Crippen molar-refractivity contribution in [3.63, 3.8) is 0 Å². The largest absolute Gasteiger partial charge is 0.481 e. The van der Waals surface area contributed by atoms with E-state index in [1.165, 1.54) is 17.7 Å². The van der Waals surface area contributed by atoms with Gasteiger partial charge in [-0.25, -0.2) is 15.0 Å². The summed E-state index contributed by atoms with van der Waals surface area (Å²) in [6, 6.07) is 2.65. The molecule has 9 nitrogen and oxygen atoms in total. The number of thiazole rings is 1. The van der Waals surface area contributed by atoms with Crippen molar-refractivity contribution in [3.8, 4) is 10.6 Å². The Kier molecular flexibility index (Phi) is 8.92. The second-order valence-electron chi connectivity index (χ2n) is 10.3. The van der Waals surface area contributed by atoms with Gasteiger partial charge in [0.05, 0.1) is 40.8 Å². The molecule has 3 aromatic heterocycles. The molecule has 12 heteroatoms. The van der Waals surface area contributed by atoms with Crippen molar-refractivity contribution in [3.05, 3.63) is 44.4 Å². The molecule has 5 rings (SSSR count). The molecule has 0 bridgehead atoms. The first-order chi connectivity index (χ1) is 18.8. The van der Waals surface area contributed by atoms with Crippen molar-refractivity contribution in [2.45, 2.75) is 58.2 Å². The highest BCUT2D eigenvalue weighted by Gasteiger charge is 2.27. The highest BCUT2D eigenvalue weighted by atomic mass is 35.5. The van der Waals surface area contributed by atoms with Gasteiger partial charge in [-0.2, -0.15) is 0 Å². The van der Waals surface area contributed by atoms with Gasteiger partial charge in [-0.3, -0.25) is 19.4 Å². The molecule has 0 spiro atoms. The zero-order valence-corrected chi connectivity index (χ0v) is 24.6. The van der Waals surface area contributed by atoms with E-state index < -0.39 is 5.97 Å². The van der Waals surface area contributed by atoms with Crippen LogP contribution in [0.1, 0.15) is 53.5 Å². The first kappa shape index (κ1) is 28.1. The molecule has 0 radical (unpaired) electrons. The van der Waals surface area contributed by atoms with Gasteiger partial charge in [0.15, 0.2) is 5.78 Å². The highest BCUT2D eigenvalue weighted by molar-refractivity contribution is 7.15.